The first-order valence-electron chi connectivity index (χ1n) is 4.00. The molecule has 1 nitrogen and oxygen atoms in total. The Balaban J connectivity index is 2.92. The maximum Gasteiger partial charge on any atom is 0.391 e. The van der Waals surface area contributed by atoms with Gasteiger partial charge < -0.3 is 5.11 Å². The van der Waals surface area contributed by atoms with E-state index >= 15 is 0 Å². The Hall–Kier alpha value is -0.620. The molecular weight excluding hydrogens is 280 g/mol. The molecule has 0 aromatic heterocycles. The predicted octanol–water partition coefficient (Wildman–Crippen LogP) is 3.57. The molecule has 84 valence electrons. The molecule has 1 N–H and O–H groups in total. The van der Waals surface area contributed by atoms with Crippen molar-refractivity contribution in [2.45, 2.75) is 18.7 Å². The first-order valence-corrected chi connectivity index (χ1v) is 4.79. The van der Waals surface area contributed by atoms with Gasteiger partial charge in [0.25, 0.3) is 0 Å². The number of rotatable bonds is 2. The molecule has 1 aromatic carbocycles. The zero-order valence-corrected chi connectivity index (χ0v) is 8.94. The fourth-order valence-corrected chi connectivity index (χ4v) is 1.49. The van der Waals surface area contributed by atoms with Crippen LogP contribution in [0.3, 0.4) is 0 Å². The molecule has 0 heterocycles. The molecule has 0 amide bonds. The summed E-state index contributed by atoms with van der Waals surface area (Å²) in [7, 11) is 0. The van der Waals surface area contributed by atoms with Crippen LogP contribution in [0.2, 0.25) is 0 Å². The van der Waals surface area contributed by atoms with Crippen LogP contribution in [0.1, 0.15) is 18.1 Å². The second-order valence-electron chi connectivity index (χ2n) is 2.98. The minimum Gasteiger partial charge on any atom is -0.388 e. The maximum atomic E-state index is 13.3. The Labute approximate surface area is 91.9 Å². The summed E-state index contributed by atoms with van der Waals surface area (Å²) < 4.78 is 49.1. The first kappa shape index (κ1) is 12.4. The molecule has 0 saturated heterocycles. The van der Waals surface area contributed by atoms with Gasteiger partial charge in [-0.1, -0.05) is 12.1 Å². The Morgan fingerprint density at radius 2 is 1.93 bits per heavy atom. The Bertz CT molecular complexity index is 350. The topological polar surface area (TPSA) is 20.2 Å². The number of alkyl halides is 3. The van der Waals surface area contributed by atoms with E-state index in [1.54, 1.807) is 0 Å². The maximum absolute atomic E-state index is 13.3. The van der Waals surface area contributed by atoms with Crippen LogP contribution in [-0.2, 0) is 0 Å². The van der Waals surface area contributed by atoms with Crippen molar-refractivity contribution in [1.82, 2.24) is 0 Å². The highest BCUT2D eigenvalue weighted by atomic mass is 79.9. The highest BCUT2D eigenvalue weighted by molar-refractivity contribution is 9.10. The zero-order chi connectivity index (χ0) is 11.6. The van der Waals surface area contributed by atoms with Crippen molar-refractivity contribution in [2.24, 2.45) is 0 Å². The van der Waals surface area contributed by atoms with Crippen molar-refractivity contribution in [2.75, 3.05) is 0 Å². The summed E-state index contributed by atoms with van der Waals surface area (Å²) in [6, 6.07) is 3.83. The number of aliphatic hydroxyl groups excluding tert-OH is 1. The zero-order valence-electron chi connectivity index (χ0n) is 7.35. The lowest BCUT2D eigenvalue weighted by molar-refractivity contribution is -0.154. The summed E-state index contributed by atoms with van der Waals surface area (Å²) >= 11 is 2.83. The minimum absolute atomic E-state index is 0.0289. The fraction of sp³-hybridized carbons (Fsp3) is 0.333. The summed E-state index contributed by atoms with van der Waals surface area (Å²) in [5.74, 6) is -0.866. The molecule has 1 unspecified atom stereocenters. The Kier molecular flexibility index (Phi) is 3.72. The van der Waals surface area contributed by atoms with Crippen molar-refractivity contribution in [3.63, 3.8) is 0 Å². The van der Waals surface area contributed by atoms with Gasteiger partial charge >= 0.3 is 6.18 Å². The van der Waals surface area contributed by atoms with Crippen LogP contribution < -0.4 is 0 Å². The third-order valence-electron chi connectivity index (χ3n) is 1.77. The number of hydrogen-bond donors (Lipinski definition) is 1. The van der Waals surface area contributed by atoms with E-state index in [9.17, 15) is 22.7 Å². The van der Waals surface area contributed by atoms with Crippen molar-refractivity contribution in [3.8, 4) is 0 Å². The molecule has 0 saturated carbocycles. The van der Waals surface area contributed by atoms with Gasteiger partial charge in [-0.15, -0.1) is 0 Å². The van der Waals surface area contributed by atoms with Gasteiger partial charge in [-0.05, 0) is 22.0 Å². The van der Waals surface area contributed by atoms with E-state index in [2.05, 4.69) is 15.9 Å². The summed E-state index contributed by atoms with van der Waals surface area (Å²) in [5, 5.41) is 9.18. The van der Waals surface area contributed by atoms with E-state index in [1.807, 2.05) is 0 Å². The van der Waals surface area contributed by atoms with E-state index in [4.69, 9.17) is 0 Å². The second kappa shape index (κ2) is 4.49. The normalized spacial score (nSPS) is 14.0. The highest BCUT2D eigenvalue weighted by Gasteiger charge is 2.32. The summed E-state index contributed by atoms with van der Waals surface area (Å²) in [5.41, 5.74) is -0.360. The molecule has 1 rings (SSSR count). The van der Waals surface area contributed by atoms with Crippen LogP contribution in [0.25, 0.3) is 0 Å². The molecular formula is C9H7BrF4O. The fourth-order valence-electron chi connectivity index (χ4n) is 1.11. The van der Waals surface area contributed by atoms with Gasteiger partial charge in [0.2, 0.25) is 0 Å². The summed E-state index contributed by atoms with van der Waals surface area (Å²) in [4.78, 5) is 0. The van der Waals surface area contributed by atoms with Crippen LogP contribution in [0, 0.1) is 5.82 Å². The number of halogens is 5. The molecule has 0 aliphatic carbocycles. The third-order valence-corrected chi connectivity index (χ3v) is 2.38. The van der Waals surface area contributed by atoms with Crippen molar-refractivity contribution in [3.05, 3.63) is 34.1 Å². The van der Waals surface area contributed by atoms with Gasteiger partial charge in [0.15, 0.2) is 0 Å². The quantitative estimate of drug-likeness (QED) is 0.824. The minimum atomic E-state index is -4.52. The Morgan fingerprint density at radius 1 is 1.33 bits per heavy atom. The van der Waals surface area contributed by atoms with E-state index in [1.165, 1.54) is 12.1 Å². The standard InChI is InChI=1S/C9H7BrF4O/c10-6-3-1-2-5(8(6)11)7(15)4-9(12,13)14/h1-3,7,15H,4H2. The van der Waals surface area contributed by atoms with Crippen LogP contribution in [0.4, 0.5) is 17.6 Å². The van der Waals surface area contributed by atoms with Crippen molar-refractivity contribution in [1.29, 1.82) is 0 Å². The molecule has 0 fully saturated rings. The van der Waals surface area contributed by atoms with E-state index in [0.717, 1.165) is 6.07 Å². The molecule has 1 aromatic rings. The predicted molar refractivity (Wildman–Crippen MR) is 49.7 cm³/mol. The lowest BCUT2D eigenvalue weighted by Crippen LogP contribution is -2.14. The van der Waals surface area contributed by atoms with Crippen molar-refractivity contribution < 1.29 is 22.7 Å². The molecule has 15 heavy (non-hydrogen) atoms. The molecule has 0 bridgehead atoms. The van der Waals surface area contributed by atoms with Crippen LogP contribution >= 0.6 is 15.9 Å². The van der Waals surface area contributed by atoms with E-state index in [-0.39, 0.29) is 10.0 Å². The lowest BCUT2D eigenvalue weighted by atomic mass is 10.1. The second-order valence-corrected chi connectivity index (χ2v) is 3.83. The van der Waals surface area contributed by atoms with Gasteiger partial charge in [0, 0.05) is 5.56 Å². The van der Waals surface area contributed by atoms with E-state index in [0.29, 0.717) is 0 Å². The number of benzene rings is 1. The third kappa shape index (κ3) is 3.46. The van der Waals surface area contributed by atoms with E-state index < -0.39 is 24.5 Å². The molecule has 1 atom stereocenters. The molecule has 0 aliphatic heterocycles. The lowest BCUT2D eigenvalue weighted by Gasteiger charge is -2.14. The van der Waals surface area contributed by atoms with Crippen LogP contribution in [-0.4, -0.2) is 11.3 Å². The Morgan fingerprint density at radius 3 is 2.47 bits per heavy atom. The van der Waals surface area contributed by atoms with Gasteiger partial charge in [-0.25, -0.2) is 4.39 Å². The molecule has 6 heteroatoms. The molecule has 0 spiro atoms. The number of hydrogen-bond acceptors (Lipinski definition) is 1. The highest BCUT2D eigenvalue weighted by Crippen LogP contribution is 2.32. The summed E-state index contributed by atoms with van der Waals surface area (Å²) in [6.07, 6.45) is -7.85. The van der Waals surface area contributed by atoms with Crippen LogP contribution in [0.15, 0.2) is 22.7 Å². The number of aliphatic hydroxyl groups is 1. The SMILES string of the molecule is OC(CC(F)(F)F)c1cccc(Br)c1F. The average Bonchev–Trinajstić information content (AvgIpc) is 2.06. The smallest absolute Gasteiger partial charge is 0.388 e. The first-order chi connectivity index (χ1) is 6.81. The monoisotopic (exact) mass is 286 g/mol. The van der Waals surface area contributed by atoms with Gasteiger partial charge in [0.1, 0.15) is 5.82 Å². The average molecular weight is 287 g/mol. The largest absolute Gasteiger partial charge is 0.391 e. The summed E-state index contributed by atoms with van der Waals surface area (Å²) in [6.45, 7) is 0. The van der Waals surface area contributed by atoms with Gasteiger partial charge in [0.05, 0.1) is 17.0 Å². The van der Waals surface area contributed by atoms with Gasteiger partial charge in [-0.2, -0.15) is 13.2 Å². The molecule has 0 radical (unpaired) electrons. The van der Waals surface area contributed by atoms with Crippen molar-refractivity contribution >= 4 is 15.9 Å². The van der Waals surface area contributed by atoms with Crippen LogP contribution in [0.5, 0.6) is 0 Å². The van der Waals surface area contributed by atoms with Gasteiger partial charge in [-0.3, -0.25) is 0 Å². The molecule has 0 aliphatic rings.